The van der Waals surface area contributed by atoms with Crippen LogP contribution < -0.4 is 5.32 Å². The van der Waals surface area contributed by atoms with Crippen molar-refractivity contribution in [2.24, 2.45) is 4.99 Å². The van der Waals surface area contributed by atoms with Crippen molar-refractivity contribution in [3.8, 4) is 0 Å². The lowest BCUT2D eigenvalue weighted by Crippen LogP contribution is -2.35. The minimum Gasteiger partial charge on any atom is -0.352 e. The van der Waals surface area contributed by atoms with Gasteiger partial charge in [-0.15, -0.1) is 0 Å². The SMILES string of the molecule is CC1C=CC=C(CON2CCNC2=Nc2c(Cl)cccc2Cl)N1[O]. The summed E-state index contributed by atoms with van der Waals surface area (Å²) in [5, 5.41) is 18.6. The van der Waals surface area contributed by atoms with Gasteiger partial charge in [0.1, 0.15) is 12.3 Å². The van der Waals surface area contributed by atoms with E-state index >= 15 is 0 Å². The molecule has 0 bridgehead atoms. The highest BCUT2D eigenvalue weighted by Crippen LogP contribution is 2.33. The first-order valence-electron chi connectivity index (χ1n) is 7.57. The molecule has 0 saturated carbocycles. The molecule has 3 rings (SSSR count). The maximum Gasteiger partial charge on any atom is 0.223 e. The third-order valence-corrected chi connectivity index (χ3v) is 4.30. The molecule has 1 radical (unpaired) electrons. The van der Waals surface area contributed by atoms with Crippen molar-refractivity contribution in [3.05, 3.63) is 52.2 Å². The van der Waals surface area contributed by atoms with E-state index in [-0.39, 0.29) is 12.6 Å². The maximum atomic E-state index is 12.0. The summed E-state index contributed by atoms with van der Waals surface area (Å²) in [6.07, 6.45) is 5.44. The highest BCUT2D eigenvalue weighted by Gasteiger charge is 2.23. The molecular weight excluding hydrogens is 351 g/mol. The highest BCUT2D eigenvalue weighted by molar-refractivity contribution is 6.38. The van der Waals surface area contributed by atoms with Gasteiger partial charge in [-0.2, -0.15) is 0 Å². The van der Waals surface area contributed by atoms with Crippen molar-refractivity contribution < 1.29 is 10.0 Å². The second-order valence-corrected chi connectivity index (χ2v) is 6.23. The fourth-order valence-electron chi connectivity index (χ4n) is 2.38. The lowest BCUT2D eigenvalue weighted by atomic mass is 10.2. The van der Waals surface area contributed by atoms with E-state index < -0.39 is 0 Å². The van der Waals surface area contributed by atoms with Crippen molar-refractivity contribution in [1.29, 1.82) is 0 Å². The number of hydroxylamine groups is 4. The van der Waals surface area contributed by atoms with E-state index in [1.165, 1.54) is 0 Å². The van der Waals surface area contributed by atoms with Crippen LogP contribution in [0, 0.1) is 0 Å². The second-order valence-electron chi connectivity index (χ2n) is 5.42. The molecule has 1 atom stereocenters. The summed E-state index contributed by atoms with van der Waals surface area (Å²) >= 11 is 12.3. The molecule has 1 unspecified atom stereocenters. The van der Waals surface area contributed by atoms with Gasteiger partial charge in [-0.3, -0.25) is 4.84 Å². The van der Waals surface area contributed by atoms with Gasteiger partial charge in [0.15, 0.2) is 0 Å². The Hall–Kier alpha value is -1.73. The van der Waals surface area contributed by atoms with Gasteiger partial charge in [0.25, 0.3) is 0 Å². The number of hydrogen-bond acceptors (Lipinski definition) is 3. The number of nitrogens with zero attached hydrogens (tertiary/aromatic N) is 3. The van der Waals surface area contributed by atoms with E-state index in [1.807, 2.05) is 19.1 Å². The van der Waals surface area contributed by atoms with Crippen LogP contribution in [0.5, 0.6) is 0 Å². The van der Waals surface area contributed by atoms with Gasteiger partial charge in [0, 0.05) is 6.54 Å². The maximum absolute atomic E-state index is 12.0. The summed E-state index contributed by atoms with van der Waals surface area (Å²) in [7, 11) is 0. The van der Waals surface area contributed by atoms with E-state index in [0.717, 1.165) is 5.06 Å². The lowest BCUT2D eigenvalue weighted by Gasteiger charge is -2.26. The molecule has 1 aromatic carbocycles. The number of aliphatic imine (C=N–C) groups is 1. The minimum absolute atomic E-state index is 0.162. The van der Waals surface area contributed by atoms with Crippen LogP contribution in [0.15, 0.2) is 47.1 Å². The minimum atomic E-state index is -0.194. The predicted molar refractivity (Wildman–Crippen MR) is 93.4 cm³/mol. The number of para-hydroxylation sites is 1. The molecular formula is C16H17Cl2N4O2. The fourth-order valence-corrected chi connectivity index (χ4v) is 2.86. The van der Waals surface area contributed by atoms with Gasteiger partial charge < -0.3 is 5.32 Å². The van der Waals surface area contributed by atoms with E-state index in [0.29, 0.717) is 40.5 Å². The van der Waals surface area contributed by atoms with E-state index in [4.69, 9.17) is 28.0 Å². The first kappa shape index (κ1) is 17.1. The number of allylic oxidation sites excluding steroid dienone is 2. The number of nitrogens with one attached hydrogen (secondary N) is 1. The molecule has 0 spiro atoms. The number of halogens is 2. The van der Waals surface area contributed by atoms with Gasteiger partial charge >= 0.3 is 0 Å². The zero-order valence-corrected chi connectivity index (χ0v) is 14.6. The van der Waals surface area contributed by atoms with Crippen molar-refractivity contribution in [2.75, 3.05) is 19.7 Å². The van der Waals surface area contributed by atoms with E-state index in [1.54, 1.807) is 29.3 Å². The van der Waals surface area contributed by atoms with E-state index in [9.17, 15) is 5.21 Å². The Labute approximate surface area is 150 Å². The average molecular weight is 368 g/mol. The number of hydrogen-bond donors (Lipinski definition) is 1. The second kappa shape index (κ2) is 7.44. The smallest absolute Gasteiger partial charge is 0.223 e. The van der Waals surface area contributed by atoms with Gasteiger partial charge in [0.2, 0.25) is 5.96 Å². The molecule has 8 heteroatoms. The number of benzene rings is 1. The van der Waals surface area contributed by atoms with Crippen molar-refractivity contribution in [3.63, 3.8) is 0 Å². The zero-order valence-electron chi connectivity index (χ0n) is 13.1. The summed E-state index contributed by atoms with van der Waals surface area (Å²) in [4.78, 5) is 10.2. The standard InChI is InChI=1S/C16H17Cl2N4O2/c1-11-4-2-5-12(22(11)23)10-24-21-9-8-19-16(21)20-15-13(17)6-3-7-14(15)18/h2-7,11H,8-10H2,1H3,(H,19,20). The number of rotatable bonds is 4. The van der Waals surface area contributed by atoms with Crippen LogP contribution in [0.1, 0.15) is 6.92 Å². The molecule has 24 heavy (non-hydrogen) atoms. The first-order valence-corrected chi connectivity index (χ1v) is 8.32. The average Bonchev–Trinajstić information content (AvgIpc) is 3.00. The van der Waals surface area contributed by atoms with Gasteiger partial charge in [-0.05, 0) is 25.1 Å². The molecule has 1 aromatic rings. The van der Waals surface area contributed by atoms with Crippen LogP contribution in [0.4, 0.5) is 5.69 Å². The molecule has 2 aliphatic rings. The zero-order chi connectivity index (χ0) is 17.1. The molecule has 0 amide bonds. The normalized spacial score (nSPS) is 22.1. The van der Waals surface area contributed by atoms with Crippen LogP contribution in [0.25, 0.3) is 0 Å². The van der Waals surface area contributed by atoms with Gasteiger partial charge in [-0.1, -0.05) is 46.6 Å². The Morgan fingerprint density at radius 1 is 1.38 bits per heavy atom. The Morgan fingerprint density at radius 3 is 2.88 bits per heavy atom. The first-order chi connectivity index (χ1) is 11.6. The Balaban J connectivity index is 1.71. The molecule has 6 nitrogen and oxygen atoms in total. The highest BCUT2D eigenvalue weighted by atomic mass is 35.5. The van der Waals surface area contributed by atoms with Crippen LogP contribution in [-0.4, -0.2) is 41.8 Å². The topological polar surface area (TPSA) is 60.0 Å². The predicted octanol–water partition coefficient (Wildman–Crippen LogP) is 3.31. The van der Waals surface area contributed by atoms with Crippen LogP contribution >= 0.6 is 23.2 Å². The number of guanidine groups is 1. The Kier molecular flexibility index (Phi) is 5.30. The lowest BCUT2D eigenvalue weighted by molar-refractivity contribution is -0.166. The van der Waals surface area contributed by atoms with Gasteiger partial charge in [-0.25, -0.2) is 15.1 Å². The summed E-state index contributed by atoms with van der Waals surface area (Å²) in [6, 6.07) is 5.02. The largest absolute Gasteiger partial charge is 0.352 e. The summed E-state index contributed by atoms with van der Waals surface area (Å²) in [5.74, 6) is 0.516. The molecule has 2 heterocycles. The molecule has 0 aromatic heterocycles. The Bertz CT molecular complexity index is 685. The third-order valence-electron chi connectivity index (χ3n) is 3.69. The van der Waals surface area contributed by atoms with Gasteiger partial charge in [0.05, 0.1) is 28.3 Å². The fraction of sp³-hybridized carbons (Fsp3) is 0.312. The van der Waals surface area contributed by atoms with Crippen molar-refractivity contribution in [2.45, 2.75) is 13.0 Å². The van der Waals surface area contributed by atoms with Crippen molar-refractivity contribution in [1.82, 2.24) is 15.4 Å². The molecule has 2 aliphatic heterocycles. The monoisotopic (exact) mass is 367 g/mol. The van der Waals surface area contributed by atoms with Crippen LogP contribution in [-0.2, 0) is 10.0 Å². The van der Waals surface area contributed by atoms with Crippen LogP contribution in [0.3, 0.4) is 0 Å². The summed E-state index contributed by atoms with van der Waals surface area (Å²) in [6.45, 7) is 3.28. The summed E-state index contributed by atoms with van der Waals surface area (Å²) in [5.41, 5.74) is 1.05. The molecule has 1 N–H and O–H groups in total. The quantitative estimate of drug-likeness (QED) is 0.886. The molecule has 0 aliphatic carbocycles. The summed E-state index contributed by atoms with van der Waals surface area (Å²) < 4.78 is 0. The van der Waals surface area contributed by atoms with E-state index in [2.05, 4.69) is 10.3 Å². The third kappa shape index (κ3) is 3.67. The molecule has 1 saturated heterocycles. The molecule has 1 fully saturated rings. The molecule has 127 valence electrons. The van der Waals surface area contributed by atoms with Crippen LogP contribution in [0.2, 0.25) is 10.0 Å². The van der Waals surface area contributed by atoms with Crippen molar-refractivity contribution >= 4 is 34.8 Å². The Morgan fingerprint density at radius 2 is 2.12 bits per heavy atom.